The van der Waals surface area contributed by atoms with Gasteiger partial charge in [-0.05, 0) is 25.0 Å². The van der Waals surface area contributed by atoms with Crippen molar-refractivity contribution >= 4 is 26.6 Å². The van der Waals surface area contributed by atoms with Gasteiger partial charge in [0.1, 0.15) is 11.3 Å². The smallest absolute Gasteiger partial charge is 0.210 e. The number of hydrogen-bond donors (Lipinski definition) is 1. The molecule has 7 heteroatoms. The van der Waals surface area contributed by atoms with Crippen molar-refractivity contribution in [2.75, 3.05) is 18.9 Å². The Hall–Kier alpha value is -1.60. The Bertz CT molecular complexity index is 717. The maximum absolute atomic E-state index is 12.3. The monoisotopic (exact) mass is 296 g/mol. The topological polar surface area (TPSA) is 95.4 Å². The number of benzene rings is 1. The molecule has 3 rings (SSSR count). The Morgan fingerprint density at radius 3 is 2.75 bits per heavy atom. The standard InChI is InChI=1S/C13H16N2O4S/c14-10-2-1-3-11-13(10)15-12(19-11)8-20(16,17)9-4-6-18-7-5-9/h1-3,9H,4-8,14H2. The maximum Gasteiger partial charge on any atom is 0.210 e. The fourth-order valence-corrected chi connectivity index (χ4v) is 4.02. The van der Waals surface area contributed by atoms with Gasteiger partial charge in [-0.1, -0.05) is 6.07 Å². The molecule has 0 unspecified atom stereocenters. The summed E-state index contributed by atoms with van der Waals surface area (Å²) < 4.78 is 35.3. The van der Waals surface area contributed by atoms with Crippen LogP contribution in [-0.2, 0) is 20.3 Å². The summed E-state index contributed by atoms with van der Waals surface area (Å²) in [5.74, 6) is 0.00981. The quantitative estimate of drug-likeness (QED) is 0.862. The van der Waals surface area contributed by atoms with Crippen molar-refractivity contribution in [2.45, 2.75) is 23.8 Å². The fourth-order valence-electron chi connectivity index (χ4n) is 2.40. The SMILES string of the molecule is Nc1cccc2oc(CS(=O)(=O)C3CCOCC3)nc12. The van der Waals surface area contributed by atoms with Crippen molar-refractivity contribution in [1.82, 2.24) is 4.98 Å². The molecule has 0 atom stereocenters. The van der Waals surface area contributed by atoms with Crippen LogP contribution in [0.5, 0.6) is 0 Å². The molecule has 6 nitrogen and oxygen atoms in total. The number of hydrogen-bond acceptors (Lipinski definition) is 6. The van der Waals surface area contributed by atoms with E-state index in [-0.39, 0.29) is 16.9 Å². The van der Waals surface area contributed by atoms with Crippen LogP contribution in [-0.4, -0.2) is 31.9 Å². The number of oxazole rings is 1. The predicted octanol–water partition coefficient (Wildman–Crippen LogP) is 1.50. The Morgan fingerprint density at radius 2 is 2.05 bits per heavy atom. The summed E-state index contributed by atoms with van der Waals surface area (Å²) in [5, 5.41) is -0.372. The zero-order valence-electron chi connectivity index (χ0n) is 10.9. The molecule has 1 aromatic heterocycles. The number of nitrogen functional groups attached to an aromatic ring is 1. The number of anilines is 1. The summed E-state index contributed by atoms with van der Waals surface area (Å²) in [6.07, 6.45) is 1.06. The lowest BCUT2D eigenvalue weighted by molar-refractivity contribution is 0.0983. The van der Waals surface area contributed by atoms with Gasteiger partial charge in [0, 0.05) is 13.2 Å². The Kier molecular flexibility index (Phi) is 3.39. The minimum Gasteiger partial charge on any atom is -0.439 e. The Morgan fingerprint density at radius 1 is 1.30 bits per heavy atom. The Labute approximate surface area is 116 Å². The van der Waals surface area contributed by atoms with Crippen LogP contribution in [0.3, 0.4) is 0 Å². The highest BCUT2D eigenvalue weighted by Crippen LogP contribution is 2.24. The number of rotatable bonds is 3. The maximum atomic E-state index is 12.3. The zero-order valence-corrected chi connectivity index (χ0v) is 11.7. The van der Waals surface area contributed by atoms with E-state index >= 15 is 0 Å². The van der Waals surface area contributed by atoms with Gasteiger partial charge in [0.2, 0.25) is 5.89 Å². The van der Waals surface area contributed by atoms with Gasteiger partial charge in [0.25, 0.3) is 0 Å². The average molecular weight is 296 g/mol. The van der Waals surface area contributed by atoms with E-state index in [1.54, 1.807) is 18.2 Å². The minimum absolute atomic E-state index is 0.189. The Balaban J connectivity index is 1.86. The molecule has 0 bridgehead atoms. The van der Waals surface area contributed by atoms with Gasteiger partial charge >= 0.3 is 0 Å². The molecular formula is C13H16N2O4S. The molecule has 0 aliphatic carbocycles. The third kappa shape index (κ3) is 2.51. The number of fused-ring (bicyclic) bond motifs is 1. The van der Waals surface area contributed by atoms with Crippen molar-refractivity contribution < 1.29 is 17.6 Å². The molecule has 2 N–H and O–H groups in total. The molecule has 108 valence electrons. The first-order chi connectivity index (χ1) is 9.56. The van der Waals surface area contributed by atoms with E-state index in [0.29, 0.717) is 42.8 Å². The molecule has 1 saturated heterocycles. The second-order valence-electron chi connectivity index (χ2n) is 4.92. The fraction of sp³-hybridized carbons (Fsp3) is 0.462. The third-order valence-electron chi connectivity index (χ3n) is 3.50. The molecular weight excluding hydrogens is 280 g/mol. The van der Waals surface area contributed by atoms with Crippen LogP contribution < -0.4 is 5.73 Å². The molecule has 1 aliphatic heterocycles. The van der Waals surface area contributed by atoms with E-state index < -0.39 is 9.84 Å². The number of ether oxygens (including phenoxy) is 1. The van der Waals surface area contributed by atoms with Crippen LogP contribution in [0.15, 0.2) is 22.6 Å². The van der Waals surface area contributed by atoms with Gasteiger partial charge in [-0.2, -0.15) is 0 Å². The molecule has 2 aromatic rings. The normalized spacial score (nSPS) is 17.6. The molecule has 1 fully saturated rings. The van der Waals surface area contributed by atoms with Crippen LogP contribution in [0, 0.1) is 0 Å². The van der Waals surface area contributed by atoms with Crippen molar-refractivity contribution in [3.63, 3.8) is 0 Å². The molecule has 2 heterocycles. The summed E-state index contributed by atoms with van der Waals surface area (Å²) in [6.45, 7) is 0.981. The van der Waals surface area contributed by atoms with Crippen molar-refractivity contribution in [2.24, 2.45) is 0 Å². The van der Waals surface area contributed by atoms with E-state index in [4.69, 9.17) is 14.9 Å². The largest absolute Gasteiger partial charge is 0.439 e. The van der Waals surface area contributed by atoms with Gasteiger partial charge in [-0.25, -0.2) is 13.4 Å². The minimum atomic E-state index is -3.27. The van der Waals surface area contributed by atoms with Gasteiger partial charge < -0.3 is 14.9 Å². The van der Waals surface area contributed by atoms with Gasteiger partial charge in [0.05, 0.1) is 10.9 Å². The summed E-state index contributed by atoms with van der Waals surface area (Å²) in [7, 11) is -3.27. The van der Waals surface area contributed by atoms with Crippen molar-refractivity contribution in [1.29, 1.82) is 0 Å². The lowest BCUT2D eigenvalue weighted by atomic mass is 10.2. The van der Waals surface area contributed by atoms with Crippen molar-refractivity contribution in [3.05, 3.63) is 24.1 Å². The van der Waals surface area contributed by atoms with E-state index in [1.807, 2.05) is 0 Å². The highest BCUT2D eigenvalue weighted by atomic mass is 32.2. The van der Waals surface area contributed by atoms with Crippen LogP contribution in [0.1, 0.15) is 18.7 Å². The molecule has 0 radical (unpaired) electrons. The second kappa shape index (κ2) is 5.06. The number of para-hydroxylation sites is 1. The zero-order chi connectivity index (χ0) is 14.2. The van der Waals surface area contributed by atoms with E-state index in [0.717, 1.165) is 0 Å². The van der Waals surface area contributed by atoms with E-state index in [2.05, 4.69) is 4.98 Å². The number of sulfone groups is 1. The first-order valence-corrected chi connectivity index (χ1v) is 8.21. The molecule has 0 spiro atoms. The molecule has 1 aromatic carbocycles. The number of nitrogens with zero attached hydrogens (tertiary/aromatic N) is 1. The van der Waals surface area contributed by atoms with Crippen LogP contribution >= 0.6 is 0 Å². The van der Waals surface area contributed by atoms with Gasteiger partial charge in [-0.3, -0.25) is 0 Å². The van der Waals surface area contributed by atoms with E-state index in [1.165, 1.54) is 0 Å². The third-order valence-corrected chi connectivity index (χ3v) is 5.63. The average Bonchev–Trinajstić information content (AvgIpc) is 2.83. The van der Waals surface area contributed by atoms with Crippen LogP contribution in [0.4, 0.5) is 5.69 Å². The van der Waals surface area contributed by atoms with Crippen molar-refractivity contribution in [3.8, 4) is 0 Å². The summed E-state index contributed by atoms with van der Waals surface area (Å²) >= 11 is 0. The summed E-state index contributed by atoms with van der Waals surface area (Å²) in [4.78, 5) is 4.19. The van der Waals surface area contributed by atoms with Gasteiger partial charge in [-0.15, -0.1) is 0 Å². The number of nitrogens with two attached hydrogens (primary N) is 1. The second-order valence-corrected chi connectivity index (χ2v) is 7.20. The first kappa shape index (κ1) is 13.4. The summed E-state index contributed by atoms with van der Waals surface area (Å²) in [5.41, 5.74) is 7.31. The number of aromatic nitrogens is 1. The highest BCUT2D eigenvalue weighted by molar-refractivity contribution is 7.91. The van der Waals surface area contributed by atoms with Crippen LogP contribution in [0.25, 0.3) is 11.1 Å². The highest BCUT2D eigenvalue weighted by Gasteiger charge is 2.29. The van der Waals surface area contributed by atoms with E-state index in [9.17, 15) is 8.42 Å². The molecule has 0 amide bonds. The molecule has 20 heavy (non-hydrogen) atoms. The van der Waals surface area contributed by atoms with Crippen LogP contribution in [0.2, 0.25) is 0 Å². The molecule has 1 aliphatic rings. The summed E-state index contributed by atoms with van der Waals surface area (Å²) in [6, 6.07) is 5.18. The lowest BCUT2D eigenvalue weighted by Crippen LogP contribution is -2.29. The predicted molar refractivity (Wildman–Crippen MR) is 74.9 cm³/mol. The van der Waals surface area contributed by atoms with Gasteiger partial charge in [0.15, 0.2) is 15.4 Å². The lowest BCUT2D eigenvalue weighted by Gasteiger charge is -2.21. The first-order valence-electron chi connectivity index (χ1n) is 6.49. The molecule has 0 saturated carbocycles.